The van der Waals surface area contributed by atoms with Crippen molar-refractivity contribution in [1.29, 1.82) is 0 Å². The Labute approximate surface area is 97.2 Å². The molecule has 0 bridgehead atoms. The van der Waals surface area contributed by atoms with Gasteiger partial charge < -0.3 is 10.1 Å². The van der Waals surface area contributed by atoms with Crippen molar-refractivity contribution in [2.24, 2.45) is 0 Å². The molecule has 0 aromatic carbocycles. The second-order valence-corrected chi connectivity index (χ2v) is 4.35. The number of aromatic nitrogens is 1. The van der Waals surface area contributed by atoms with E-state index < -0.39 is 0 Å². The van der Waals surface area contributed by atoms with E-state index in [0.717, 1.165) is 25.4 Å². The first-order valence-electron chi connectivity index (χ1n) is 6.21. The third-order valence-electron chi connectivity index (χ3n) is 2.89. The Balaban J connectivity index is 1.85. The fourth-order valence-electron chi connectivity index (χ4n) is 1.69. The lowest BCUT2D eigenvalue weighted by molar-refractivity contribution is 0.114. The molecule has 0 unspecified atom stereocenters. The van der Waals surface area contributed by atoms with Crippen molar-refractivity contribution in [3.63, 3.8) is 0 Å². The number of hydrogen-bond acceptors (Lipinski definition) is 3. The molecule has 1 aromatic rings. The van der Waals surface area contributed by atoms with Crippen LogP contribution in [0.4, 0.5) is 0 Å². The highest BCUT2D eigenvalue weighted by Gasteiger charge is 2.19. The third kappa shape index (κ3) is 3.20. The van der Waals surface area contributed by atoms with Crippen LogP contribution in [0.25, 0.3) is 0 Å². The van der Waals surface area contributed by atoms with E-state index >= 15 is 0 Å². The Morgan fingerprint density at radius 1 is 1.50 bits per heavy atom. The van der Waals surface area contributed by atoms with Gasteiger partial charge >= 0.3 is 0 Å². The van der Waals surface area contributed by atoms with Crippen molar-refractivity contribution in [3.8, 4) is 5.88 Å². The third-order valence-corrected chi connectivity index (χ3v) is 2.89. The Morgan fingerprint density at radius 3 is 3.06 bits per heavy atom. The van der Waals surface area contributed by atoms with E-state index in [0.29, 0.717) is 6.10 Å². The molecule has 3 heteroatoms. The molecule has 1 aliphatic carbocycles. The predicted molar refractivity (Wildman–Crippen MR) is 64.5 cm³/mol. The molecule has 2 rings (SSSR count). The summed E-state index contributed by atoms with van der Waals surface area (Å²) in [6.07, 6.45) is 7.06. The molecule has 0 radical (unpaired) electrons. The standard InChI is InChI=1S/C13H20N2O/c1-2-7-14-10-11-6-8-15-13(9-11)16-12-4-3-5-12/h6,8-9,12,14H,2-5,7,10H2,1H3. The van der Waals surface area contributed by atoms with Crippen molar-refractivity contribution in [1.82, 2.24) is 10.3 Å². The molecule has 0 saturated heterocycles. The summed E-state index contributed by atoms with van der Waals surface area (Å²) in [7, 11) is 0. The van der Waals surface area contributed by atoms with Gasteiger partial charge in [0, 0.05) is 18.8 Å². The maximum Gasteiger partial charge on any atom is 0.213 e. The Kier molecular flexibility index (Phi) is 4.17. The summed E-state index contributed by atoms with van der Waals surface area (Å²) >= 11 is 0. The lowest BCUT2D eigenvalue weighted by Crippen LogP contribution is -2.25. The summed E-state index contributed by atoms with van der Waals surface area (Å²) in [5.74, 6) is 0.778. The number of hydrogen-bond donors (Lipinski definition) is 1. The number of pyridine rings is 1. The first-order valence-corrected chi connectivity index (χ1v) is 6.21. The highest BCUT2D eigenvalue weighted by molar-refractivity contribution is 5.20. The van der Waals surface area contributed by atoms with Gasteiger partial charge in [0.15, 0.2) is 0 Å². The van der Waals surface area contributed by atoms with Crippen LogP contribution in [-0.4, -0.2) is 17.6 Å². The Morgan fingerprint density at radius 2 is 2.38 bits per heavy atom. The second kappa shape index (κ2) is 5.85. The van der Waals surface area contributed by atoms with Crippen molar-refractivity contribution in [2.75, 3.05) is 6.54 Å². The summed E-state index contributed by atoms with van der Waals surface area (Å²) < 4.78 is 5.76. The molecule has 1 aromatic heterocycles. The van der Waals surface area contributed by atoms with Gasteiger partial charge in [0.05, 0.1) is 0 Å². The topological polar surface area (TPSA) is 34.2 Å². The molecule has 0 atom stereocenters. The van der Waals surface area contributed by atoms with Crippen molar-refractivity contribution in [2.45, 2.75) is 45.3 Å². The minimum atomic E-state index is 0.409. The van der Waals surface area contributed by atoms with Gasteiger partial charge in [-0.2, -0.15) is 0 Å². The van der Waals surface area contributed by atoms with E-state index in [9.17, 15) is 0 Å². The number of nitrogens with one attached hydrogen (secondary N) is 1. The van der Waals surface area contributed by atoms with E-state index in [4.69, 9.17) is 4.74 Å². The lowest BCUT2D eigenvalue weighted by atomic mass is 9.96. The van der Waals surface area contributed by atoms with Crippen LogP contribution in [0.2, 0.25) is 0 Å². The summed E-state index contributed by atoms with van der Waals surface area (Å²) in [5, 5.41) is 3.38. The van der Waals surface area contributed by atoms with Gasteiger partial charge in [-0.3, -0.25) is 0 Å². The van der Waals surface area contributed by atoms with Crippen LogP contribution < -0.4 is 10.1 Å². The summed E-state index contributed by atoms with van der Waals surface area (Å²) in [5.41, 5.74) is 1.25. The molecule has 1 heterocycles. The van der Waals surface area contributed by atoms with Crippen LogP contribution in [0.1, 0.15) is 38.2 Å². The monoisotopic (exact) mass is 220 g/mol. The van der Waals surface area contributed by atoms with Crippen molar-refractivity contribution >= 4 is 0 Å². The van der Waals surface area contributed by atoms with Gasteiger partial charge in [-0.1, -0.05) is 6.92 Å². The molecule has 1 aliphatic rings. The highest BCUT2D eigenvalue weighted by Crippen LogP contribution is 2.24. The van der Waals surface area contributed by atoms with Gasteiger partial charge in [0.25, 0.3) is 0 Å². The van der Waals surface area contributed by atoms with Gasteiger partial charge in [-0.15, -0.1) is 0 Å². The highest BCUT2D eigenvalue weighted by atomic mass is 16.5. The number of ether oxygens (including phenoxy) is 1. The smallest absolute Gasteiger partial charge is 0.213 e. The van der Waals surface area contributed by atoms with Gasteiger partial charge in [0.1, 0.15) is 6.10 Å². The van der Waals surface area contributed by atoms with Crippen LogP contribution in [0.5, 0.6) is 5.88 Å². The van der Waals surface area contributed by atoms with E-state index in [1.165, 1.54) is 24.8 Å². The molecule has 1 saturated carbocycles. The fourth-order valence-corrected chi connectivity index (χ4v) is 1.69. The first kappa shape index (κ1) is 11.4. The summed E-state index contributed by atoms with van der Waals surface area (Å²) in [6.45, 7) is 4.13. The van der Waals surface area contributed by atoms with Crippen LogP contribution in [0.15, 0.2) is 18.3 Å². The summed E-state index contributed by atoms with van der Waals surface area (Å²) in [4.78, 5) is 4.24. The van der Waals surface area contributed by atoms with E-state index in [1.807, 2.05) is 18.3 Å². The quantitative estimate of drug-likeness (QED) is 0.748. The van der Waals surface area contributed by atoms with E-state index in [-0.39, 0.29) is 0 Å². The zero-order valence-corrected chi connectivity index (χ0v) is 9.91. The van der Waals surface area contributed by atoms with E-state index in [1.54, 1.807) is 0 Å². The Hall–Kier alpha value is -1.09. The molecule has 16 heavy (non-hydrogen) atoms. The van der Waals surface area contributed by atoms with Gasteiger partial charge in [-0.25, -0.2) is 4.98 Å². The van der Waals surface area contributed by atoms with E-state index in [2.05, 4.69) is 17.2 Å². The maximum atomic E-state index is 5.76. The molecule has 0 spiro atoms. The molecule has 1 fully saturated rings. The summed E-state index contributed by atoms with van der Waals surface area (Å²) in [6, 6.07) is 4.08. The first-order chi connectivity index (χ1) is 7.88. The zero-order valence-electron chi connectivity index (χ0n) is 9.91. The molecular weight excluding hydrogens is 200 g/mol. The zero-order chi connectivity index (χ0) is 11.2. The molecular formula is C13H20N2O. The van der Waals surface area contributed by atoms with Crippen LogP contribution >= 0.6 is 0 Å². The number of rotatable bonds is 6. The van der Waals surface area contributed by atoms with Crippen molar-refractivity contribution < 1.29 is 4.74 Å². The molecule has 0 amide bonds. The minimum Gasteiger partial charge on any atom is -0.474 e. The average Bonchev–Trinajstić information content (AvgIpc) is 2.25. The fraction of sp³-hybridized carbons (Fsp3) is 0.615. The van der Waals surface area contributed by atoms with Gasteiger partial charge in [0.2, 0.25) is 5.88 Å². The van der Waals surface area contributed by atoms with Gasteiger partial charge in [-0.05, 0) is 43.9 Å². The Bertz CT molecular complexity index is 323. The SMILES string of the molecule is CCCNCc1ccnc(OC2CCC2)c1. The lowest BCUT2D eigenvalue weighted by Gasteiger charge is -2.25. The average molecular weight is 220 g/mol. The van der Waals surface area contributed by atoms with Crippen molar-refractivity contribution in [3.05, 3.63) is 23.9 Å². The van der Waals surface area contributed by atoms with Crippen LogP contribution in [0.3, 0.4) is 0 Å². The van der Waals surface area contributed by atoms with Crippen LogP contribution in [0, 0.1) is 0 Å². The molecule has 1 N–H and O–H groups in total. The van der Waals surface area contributed by atoms with Crippen LogP contribution in [-0.2, 0) is 6.54 Å². The second-order valence-electron chi connectivity index (χ2n) is 4.35. The molecule has 88 valence electrons. The number of nitrogens with zero attached hydrogens (tertiary/aromatic N) is 1. The normalized spacial score (nSPS) is 15.8. The maximum absolute atomic E-state index is 5.76. The largest absolute Gasteiger partial charge is 0.474 e. The molecule has 3 nitrogen and oxygen atoms in total. The predicted octanol–water partition coefficient (Wildman–Crippen LogP) is 2.51. The molecule has 0 aliphatic heterocycles. The minimum absolute atomic E-state index is 0.409.